The summed E-state index contributed by atoms with van der Waals surface area (Å²) in [7, 11) is 0. The standard InChI is InChI=1S/C21H16BrNO/c1-2-24-21-12-9-16-5-3-4-6-19(16)20(21)13-17(14-23)15-7-10-18(22)11-8-15/h3-13H,2H2,1H3/b17-13-. The van der Waals surface area contributed by atoms with Gasteiger partial charge in [-0.25, -0.2) is 0 Å². The second kappa shape index (κ2) is 7.33. The quantitative estimate of drug-likeness (QED) is 0.408. The SMILES string of the molecule is CCOc1ccc2ccccc2c1/C=C(/C#N)c1ccc(Br)cc1. The van der Waals surface area contributed by atoms with Crippen LogP contribution in [0.25, 0.3) is 22.4 Å². The van der Waals surface area contributed by atoms with Crippen molar-refractivity contribution in [3.63, 3.8) is 0 Å². The third kappa shape index (κ3) is 3.34. The number of benzene rings is 3. The highest BCUT2D eigenvalue weighted by atomic mass is 79.9. The molecule has 0 saturated heterocycles. The van der Waals surface area contributed by atoms with E-state index in [1.165, 1.54) is 0 Å². The largest absolute Gasteiger partial charge is 0.493 e. The molecule has 3 heteroatoms. The molecule has 3 aromatic carbocycles. The van der Waals surface area contributed by atoms with Crippen molar-refractivity contribution >= 4 is 38.4 Å². The highest BCUT2D eigenvalue weighted by Gasteiger charge is 2.09. The molecule has 3 aromatic rings. The van der Waals surface area contributed by atoms with E-state index in [0.717, 1.165) is 32.1 Å². The van der Waals surface area contributed by atoms with Gasteiger partial charge in [-0.05, 0) is 47.5 Å². The molecule has 0 fully saturated rings. The molecule has 0 aliphatic heterocycles. The molecule has 2 nitrogen and oxygen atoms in total. The molecule has 0 aliphatic carbocycles. The number of nitrogens with zero attached hydrogens (tertiary/aromatic N) is 1. The monoisotopic (exact) mass is 377 g/mol. The van der Waals surface area contributed by atoms with Crippen molar-refractivity contribution < 1.29 is 4.74 Å². The molecule has 0 aliphatic rings. The minimum atomic E-state index is 0.583. The van der Waals surface area contributed by atoms with Crippen LogP contribution < -0.4 is 4.74 Å². The maximum Gasteiger partial charge on any atom is 0.127 e. The second-order valence-electron chi connectivity index (χ2n) is 5.31. The van der Waals surface area contributed by atoms with Crippen LogP contribution in [-0.4, -0.2) is 6.61 Å². The van der Waals surface area contributed by atoms with E-state index in [4.69, 9.17) is 4.74 Å². The summed E-state index contributed by atoms with van der Waals surface area (Å²) in [5.74, 6) is 0.793. The van der Waals surface area contributed by atoms with Gasteiger partial charge in [-0.15, -0.1) is 0 Å². The van der Waals surface area contributed by atoms with Gasteiger partial charge in [-0.1, -0.05) is 58.4 Å². The predicted molar refractivity (Wildman–Crippen MR) is 103 cm³/mol. The lowest BCUT2D eigenvalue weighted by Crippen LogP contribution is -1.95. The number of hydrogen-bond acceptors (Lipinski definition) is 2. The minimum absolute atomic E-state index is 0.583. The Balaban J connectivity index is 2.21. The highest BCUT2D eigenvalue weighted by Crippen LogP contribution is 2.32. The van der Waals surface area contributed by atoms with Crippen LogP contribution >= 0.6 is 15.9 Å². The number of rotatable bonds is 4. The zero-order chi connectivity index (χ0) is 16.9. The molecule has 0 atom stereocenters. The molecule has 0 bridgehead atoms. The third-order valence-corrected chi connectivity index (χ3v) is 4.32. The first-order chi connectivity index (χ1) is 11.7. The van der Waals surface area contributed by atoms with E-state index in [-0.39, 0.29) is 0 Å². The fraction of sp³-hybridized carbons (Fsp3) is 0.0952. The van der Waals surface area contributed by atoms with E-state index in [9.17, 15) is 5.26 Å². The summed E-state index contributed by atoms with van der Waals surface area (Å²) in [5, 5.41) is 11.8. The van der Waals surface area contributed by atoms with Gasteiger partial charge in [0.25, 0.3) is 0 Å². The summed E-state index contributed by atoms with van der Waals surface area (Å²) < 4.78 is 6.77. The molecule has 0 spiro atoms. The molecule has 0 radical (unpaired) electrons. The van der Waals surface area contributed by atoms with Crippen LogP contribution in [0.1, 0.15) is 18.1 Å². The zero-order valence-electron chi connectivity index (χ0n) is 13.3. The molecular formula is C21H16BrNO. The molecule has 0 heterocycles. The Morgan fingerprint density at radius 1 is 1.08 bits per heavy atom. The smallest absolute Gasteiger partial charge is 0.127 e. The summed E-state index contributed by atoms with van der Waals surface area (Å²) in [6.45, 7) is 2.54. The maximum absolute atomic E-state index is 9.63. The number of fused-ring (bicyclic) bond motifs is 1. The van der Waals surface area contributed by atoms with E-state index in [1.54, 1.807) is 0 Å². The van der Waals surface area contributed by atoms with Crippen LogP contribution in [0.3, 0.4) is 0 Å². The van der Waals surface area contributed by atoms with Crippen molar-refractivity contribution in [3.8, 4) is 11.8 Å². The molecule has 0 amide bonds. The van der Waals surface area contributed by atoms with Crippen molar-refractivity contribution in [2.45, 2.75) is 6.92 Å². The number of ether oxygens (including phenoxy) is 1. The molecule has 24 heavy (non-hydrogen) atoms. The van der Waals surface area contributed by atoms with Crippen molar-refractivity contribution in [2.75, 3.05) is 6.61 Å². The highest BCUT2D eigenvalue weighted by molar-refractivity contribution is 9.10. The molecule has 0 saturated carbocycles. The molecular weight excluding hydrogens is 362 g/mol. The average molecular weight is 378 g/mol. The fourth-order valence-corrected chi connectivity index (χ4v) is 2.92. The summed E-state index contributed by atoms with van der Waals surface area (Å²) in [6.07, 6.45) is 1.91. The zero-order valence-corrected chi connectivity index (χ0v) is 14.9. The van der Waals surface area contributed by atoms with Gasteiger partial charge >= 0.3 is 0 Å². The normalized spacial score (nSPS) is 11.3. The first-order valence-electron chi connectivity index (χ1n) is 7.75. The second-order valence-corrected chi connectivity index (χ2v) is 6.22. The minimum Gasteiger partial charge on any atom is -0.493 e. The Morgan fingerprint density at radius 2 is 1.83 bits per heavy atom. The van der Waals surface area contributed by atoms with Crippen LogP contribution in [0.15, 0.2) is 65.1 Å². The van der Waals surface area contributed by atoms with Crippen molar-refractivity contribution in [1.29, 1.82) is 5.26 Å². The molecule has 118 valence electrons. The van der Waals surface area contributed by atoms with E-state index >= 15 is 0 Å². The molecule has 0 unspecified atom stereocenters. The Labute approximate surface area is 150 Å². The lowest BCUT2D eigenvalue weighted by atomic mass is 9.98. The van der Waals surface area contributed by atoms with Crippen LogP contribution in [0, 0.1) is 11.3 Å². The van der Waals surface area contributed by atoms with E-state index in [0.29, 0.717) is 12.2 Å². The fourth-order valence-electron chi connectivity index (χ4n) is 2.66. The molecule has 0 N–H and O–H groups in total. The van der Waals surface area contributed by atoms with Gasteiger partial charge in [0.2, 0.25) is 0 Å². The van der Waals surface area contributed by atoms with Gasteiger partial charge in [0.05, 0.1) is 18.2 Å². The third-order valence-electron chi connectivity index (χ3n) is 3.79. The average Bonchev–Trinajstić information content (AvgIpc) is 2.62. The van der Waals surface area contributed by atoms with Gasteiger partial charge in [-0.2, -0.15) is 5.26 Å². The summed E-state index contributed by atoms with van der Waals surface area (Å²) in [5.41, 5.74) is 2.44. The van der Waals surface area contributed by atoms with Crippen LogP contribution in [0.5, 0.6) is 5.75 Å². The van der Waals surface area contributed by atoms with Gasteiger partial charge < -0.3 is 4.74 Å². The summed E-state index contributed by atoms with van der Waals surface area (Å²) in [6, 6.07) is 22.2. The van der Waals surface area contributed by atoms with E-state index in [1.807, 2.05) is 61.5 Å². The maximum atomic E-state index is 9.63. The Hall–Kier alpha value is -2.57. The number of allylic oxidation sites excluding steroid dienone is 1. The molecule has 0 aromatic heterocycles. The van der Waals surface area contributed by atoms with E-state index < -0.39 is 0 Å². The predicted octanol–water partition coefficient (Wildman–Crippen LogP) is 6.07. The number of halogens is 1. The van der Waals surface area contributed by atoms with Gasteiger partial charge in [0, 0.05) is 10.0 Å². The van der Waals surface area contributed by atoms with Crippen LogP contribution in [0.4, 0.5) is 0 Å². The van der Waals surface area contributed by atoms with E-state index in [2.05, 4.69) is 34.1 Å². The van der Waals surface area contributed by atoms with Crippen LogP contribution in [-0.2, 0) is 0 Å². The summed E-state index contributed by atoms with van der Waals surface area (Å²) in [4.78, 5) is 0. The van der Waals surface area contributed by atoms with Crippen molar-refractivity contribution in [1.82, 2.24) is 0 Å². The Kier molecular flexibility index (Phi) is 4.98. The van der Waals surface area contributed by atoms with Crippen LogP contribution in [0.2, 0.25) is 0 Å². The number of nitriles is 1. The first kappa shape index (κ1) is 16.3. The lowest BCUT2D eigenvalue weighted by molar-refractivity contribution is 0.340. The summed E-state index contributed by atoms with van der Waals surface area (Å²) >= 11 is 3.43. The number of hydrogen-bond donors (Lipinski definition) is 0. The lowest BCUT2D eigenvalue weighted by Gasteiger charge is -2.11. The van der Waals surface area contributed by atoms with Crippen molar-refractivity contribution in [2.24, 2.45) is 0 Å². The van der Waals surface area contributed by atoms with Gasteiger partial charge in [0.1, 0.15) is 5.75 Å². The topological polar surface area (TPSA) is 33.0 Å². The van der Waals surface area contributed by atoms with Gasteiger partial charge in [-0.3, -0.25) is 0 Å². The Morgan fingerprint density at radius 3 is 2.54 bits per heavy atom. The van der Waals surface area contributed by atoms with Crippen molar-refractivity contribution in [3.05, 3.63) is 76.3 Å². The molecule has 3 rings (SSSR count). The van der Waals surface area contributed by atoms with Gasteiger partial charge in [0.15, 0.2) is 0 Å². The first-order valence-corrected chi connectivity index (χ1v) is 8.54. The Bertz CT molecular complexity index is 936.